The molecule has 0 aliphatic carbocycles. The Bertz CT molecular complexity index is 1480. The Morgan fingerprint density at radius 1 is 0.730 bits per heavy atom. The maximum absolute atomic E-state index is 11.0. The van der Waals surface area contributed by atoms with E-state index in [0.717, 1.165) is 56.9 Å². The van der Waals surface area contributed by atoms with Crippen LogP contribution in [-0.4, -0.2) is 17.7 Å². The highest BCUT2D eigenvalue weighted by molar-refractivity contribution is 5.91. The summed E-state index contributed by atoms with van der Waals surface area (Å²) in [7, 11) is 0. The van der Waals surface area contributed by atoms with Gasteiger partial charge in [0, 0.05) is 22.3 Å². The van der Waals surface area contributed by atoms with Gasteiger partial charge in [0.1, 0.15) is 17.3 Å². The zero-order valence-corrected chi connectivity index (χ0v) is 20.0. The van der Waals surface area contributed by atoms with Gasteiger partial charge >= 0.3 is 5.97 Å². The molecule has 4 nitrogen and oxygen atoms in total. The molecular formula is C33H30O4. The maximum atomic E-state index is 11.0. The van der Waals surface area contributed by atoms with Gasteiger partial charge in [-0.05, 0) is 35.2 Å². The van der Waals surface area contributed by atoms with Gasteiger partial charge in [-0.15, -0.1) is 0 Å². The number of aliphatic carboxylic acids is 1. The third-order valence-electron chi connectivity index (χ3n) is 6.14. The molecule has 0 atom stereocenters. The van der Waals surface area contributed by atoms with Crippen LogP contribution < -0.4 is 4.74 Å². The van der Waals surface area contributed by atoms with Crippen LogP contribution in [0, 0.1) is 0 Å². The SMILES string of the molecule is C.CCc1c(-c2ccccc2-c2cccc(OCC(=O)O)c2)oc(-c2ccccc2)c1-c1ccccc1. The van der Waals surface area contributed by atoms with E-state index < -0.39 is 5.97 Å². The Morgan fingerprint density at radius 3 is 1.97 bits per heavy atom. The minimum atomic E-state index is -1.01. The van der Waals surface area contributed by atoms with Crippen molar-refractivity contribution in [2.24, 2.45) is 0 Å². The van der Waals surface area contributed by atoms with Gasteiger partial charge in [0.25, 0.3) is 0 Å². The topological polar surface area (TPSA) is 59.7 Å². The minimum Gasteiger partial charge on any atom is -0.482 e. The summed E-state index contributed by atoms with van der Waals surface area (Å²) in [6.07, 6.45) is 0.798. The molecule has 0 spiro atoms. The molecule has 5 aromatic rings. The summed E-state index contributed by atoms with van der Waals surface area (Å²) in [4.78, 5) is 11.0. The van der Waals surface area contributed by atoms with Crippen molar-refractivity contribution in [2.75, 3.05) is 6.61 Å². The van der Waals surface area contributed by atoms with E-state index in [-0.39, 0.29) is 14.0 Å². The summed E-state index contributed by atoms with van der Waals surface area (Å²) in [5, 5.41) is 8.99. The highest BCUT2D eigenvalue weighted by Crippen LogP contribution is 2.45. The van der Waals surface area contributed by atoms with Crippen molar-refractivity contribution in [1.82, 2.24) is 0 Å². The molecule has 37 heavy (non-hydrogen) atoms. The lowest BCUT2D eigenvalue weighted by Gasteiger charge is -2.11. The summed E-state index contributed by atoms with van der Waals surface area (Å²) in [6.45, 7) is 1.77. The van der Waals surface area contributed by atoms with Gasteiger partial charge in [0.05, 0.1) is 0 Å². The highest BCUT2D eigenvalue weighted by Gasteiger charge is 2.24. The van der Waals surface area contributed by atoms with Gasteiger partial charge in [-0.3, -0.25) is 0 Å². The molecule has 0 radical (unpaired) electrons. The Kier molecular flexibility index (Phi) is 7.89. The van der Waals surface area contributed by atoms with Crippen molar-refractivity contribution < 1.29 is 19.1 Å². The number of rotatable bonds is 8. The first kappa shape index (κ1) is 25.5. The lowest BCUT2D eigenvalue weighted by molar-refractivity contribution is -0.139. The number of carbonyl (C=O) groups is 1. The van der Waals surface area contributed by atoms with Gasteiger partial charge in [0.2, 0.25) is 0 Å². The Labute approximate surface area is 217 Å². The standard InChI is InChI=1S/C32H26O4.CH4/c1-2-26-30(22-12-5-3-6-13-22)31(23-14-7-4-8-15-23)36-32(26)28-19-10-9-18-27(28)24-16-11-17-25(20-24)35-21-29(33)34;/h3-20H,2,21H2,1H3,(H,33,34);1H4. The summed E-state index contributed by atoms with van der Waals surface area (Å²) in [5.41, 5.74) is 7.28. The van der Waals surface area contributed by atoms with Gasteiger partial charge in [-0.1, -0.05) is 111 Å². The van der Waals surface area contributed by atoms with E-state index in [4.69, 9.17) is 14.3 Å². The van der Waals surface area contributed by atoms with Gasteiger partial charge in [0.15, 0.2) is 6.61 Å². The lowest BCUT2D eigenvalue weighted by atomic mass is 9.91. The van der Waals surface area contributed by atoms with Crippen LogP contribution in [0.1, 0.15) is 19.9 Å². The summed E-state index contributed by atoms with van der Waals surface area (Å²) >= 11 is 0. The molecule has 1 heterocycles. The quantitative estimate of drug-likeness (QED) is 0.236. The highest BCUT2D eigenvalue weighted by atomic mass is 16.5. The van der Waals surface area contributed by atoms with E-state index >= 15 is 0 Å². The van der Waals surface area contributed by atoms with Crippen LogP contribution in [0.25, 0.3) is 44.9 Å². The molecule has 0 bridgehead atoms. The first-order valence-corrected chi connectivity index (χ1v) is 12.0. The second-order valence-electron chi connectivity index (χ2n) is 8.46. The number of hydrogen-bond acceptors (Lipinski definition) is 3. The molecule has 5 rings (SSSR count). The average Bonchev–Trinajstić information content (AvgIpc) is 3.32. The number of carboxylic acid groups (broad SMARTS) is 1. The van der Waals surface area contributed by atoms with Gasteiger partial charge in [-0.25, -0.2) is 4.79 Å². The first-order valence-electron chi connectivity index (χ1n) is 12.0. The van der Waals surface area contributed by atoms with Crippen LogP contribution in [-0.2, 0) is 11.2 Å². The molecule has 186 valence electrons. The molecular weight excluding hydrogens is 460 g/mol. The zero-order chi connectivity index (χ0) is 24.9. The van der Waals surface area contributed by atoms with E-state index in [1.54, 1.807) is 6.07 Å². The summed E-state index contributed by atoms with van der Waals surface area (Å²) in [5.74, 6) is 1.19. The number of carboxylic acids is 1. The Morgan fingerprint density at radius 2 is 1.32 bits per heavy atom. The molecule has 0 amide bonds. The fourth-order valence-electron chi connectivity index (χ4n) is 4.55. The maximum Gasteiger partial charge on any atom is 0.341 e. The van der Waals surface area contributed by atoms with Gasteiger partial charge < -0.3 is 14.3 Å². The van der Waals surface area contributed by atoms with Crippen molar-refractivity contribution in [3.05, 3.63) is 115 Å². The molecule has 0 saturated heterocycles. The van der Waals surface area contributed by atoms with Crippen molar-refractivity contribution in [2.45, 2.75) is 20.8 Å². The molecule has 4 heteroatoms. The predicted octanol–water partition coefficient (Wildman–Crippen LogP) is 8.61. The lowest BCUT2D eigenvalue weighted by Crippen LogP contribution is -2.09. The third kappa shape index (κ3) is 5.34. The predicted molar refractivity (Wildman–Crippen MR) is 150 cm³/mol. The first-order chi connectivity index (χ1) is 17.7. The van der Waals surface area contributed by atoms with Gasteiger partial charge in [-0.2, -0.15) is 0 Å². The normalized spacial score (nSPS) is 10.5. The molecule has 0 fully saturated rings. The van der Waals surface area contributed by atoms with Crippen LogP contribution in [0.15, 0.2) is 114 Å². The number of ether oxygens (including phenoxy) is 1. The Balaban J connectivity index is 0.00000320. The zero-order valence-electron chi connectivity index (χ0n) is 20.0. The second kappa shape index (κ2) is 11.4. The third-order valence-corrected chi connectivity index (χ3v) is 6.14. The van der Waals surface area contributed by atoms with E-state index in [1.807, 2.05) is 66.7 Å². The number of furan rings is 1. The van der Waals surface area contributed by atoms with E-state index in [0.29, 0.717) is 5.75 Å². The smallest absolute Gasteiger partial charge is 0.341 e. The molecule has 1 aromatic heterocycles. The number of benzene rings is 4. The minimum absolute atomic E-state index is 0. The van der Waals surface area contributed by atoms with Crippen molar-refractivity contribution in [3.8, 4) is 50.7 Å². The molecule has 1 N–H and O–H groups in total. The summed E-state index contributed by atoms with van der Waals surface area (Å²) < 4.78 is 12.2. The number of hydrogen-bond donors (Lipinski definition) is 1. The van der Waals surface area contributed by atoms with E-state index in [2.05, 4.69) is 43.3 Å². The monoisotopic (exact) mass is 490 g/mol. The molecule has 0 unspecified atom stereocenters. The van der Waals surface area contributed by atoms with Crippen LogP contribution in [0.4, 0.5) is 0 Å². The van der Waals surface area contributed by atoms with Crippen molar-refractivity contribution >= 4 is 5.97 Å². The molecule has 0 aliphatic heterocycles. The Hall–Kier alpha value is -4.57. The summed E-state index contributed by atoms with van der Waals surface area (Å²) in [6, 6.07) is 36.2. The van der Waals surface area contributed by atoms with E-state index in [1.165, 1.54) is 0 Å². The largest absolute Gasteiger partial charge is 0.482 e. The molecule has 4 aromatic carbocycles. The average molecular weight is 491 g/mol. The van der Waals surface area contributed by atoms with Crippen LogP contribution in [0.5, 0.6) is 5.75 Å². The molecule has 0 aliphatic rings. The van der Waals surface area contributed by atoms with Crippen LogP contribution >= 0.6 is 0 Å². The fraction of sp³-hybridized carbons (Fsp3) is 0.121. The second-order valence-corrected chi connectivity index (χ2v) is 8.46. The van der Waals surface area contributed by atoms with Crippen LogP contribution in [0.3, 0.4) is 0 Å². The van der Waals surface area contributed by atoms with Crippen molar-refractivity contribution in [1.29, 1.82) is 0 Å². The fourth-order valence-corrected chi connectivity index (χ4v) is 4.55. The molecule has 0 saturated carbocycles. The van der Waals surface area contributed by atoms with Crippen molar-refractivity contribution in [3.63, 3.8) is 0 Å². The van der Waals surface area contributed by atoms with E-state index in [9.17, 15) is 4.79 Å². The van der Waals surface area contributed by atoms with Crippen LogP contribution in [0.2, 0.25) is 0 Å².